The van der Waals surface area contributed by atoms with Crippen LogP contribution in [-0.2, 0) is 0 Å². The number of oxazole rings is 1. The molecule has 2 heterocycles. The van der Waals surface area contributed by atoms with E-state index < -0.39 is 0 Å². The second-order valence-corrected chi connectivity index (χ2v) is 2.23. The van der Waals surface area contributed by atoms with Crippen LogP contribution in [0.4, 0.5) is 6.01 Å². The lowest BCUT2D eigenvalue weighted by Crippen LogP contribution is -2.30. The quantitative estimate of drug-likeness (QED) is 0.611. The van der Waals surface area contributed by atoms with Crippen molar-refractivity contribution in [3.8, 4) is 0 Å². The highest BCUT2D eigenvalue weighted by molar-refractivity contribution is 5.23. The van der Waals surface area contributed by atoms with Gasteiger partial charge in [0, 0.05) is 13.1 Å². The van der Waals surface area contributed by atoms with E-state index >= 15 is 0 Å². The van der Waals surface area contributed by atoms with Crippen LogP contribution in [-0.4, -0.2) is 18.1 Å². The van der Waals surface area contributed by atoms with Crippen LogP contribution in [0, 0.1) is 0 Å². The summed E-state index contributed by atoms with van der Waals surface area (Å²) >= 11 is 0. The molecule has 0 spiro atoms. The zero-order chi connectivity index (χ0) is 6.81. The highest BCUT2D eigenvalue weighted by atomic mass is 16.4. The number of nitrogens with one attached hydrogen (secondary N) is 1. The molecule has 1 aliphatic heterocycles. The summed E-state index contributed by atoms with van der Waals surface area (Å²) in [5.74, 6) is 0. The van der Waals surface area contributed by atoms with Crippen molar-refractivity contribution < 1.29 is 4.42 Å². The lowest BCUT2D eigenvalue weighted by Gasteiger charge is -2.10. The van der Waals surface area contributed by atoms with E-state index in [1.165, 1.54) is 0 Å². The molecule has 1 aromatic heterocycles. The van der Waals surface area contributed by atoms with Crippen molar-refractivity contribution >= 4 is 6.01 Å². The summed E-state index contributed by atoms with van der Waals surface area (Å²) in [6, 6.07) is 0.664. The summed E-state index contributed by atoms with van der Waals surface area (Å²) in [6.07, 6.45) is 4.38. The standard InChI is InChI=1S/C6H9N3O/c1-2-8-9(4-1)6-7-3-5-10-6/h3,5,8H,1-2,4H2. The molecule has 1 N–H and O–H groups in total. The van der Waals surface area contributed by atoms with Crippen molar-refractivity contribution in [2.45, 2.75) is 6.42 Å². The minimum absolute atomic E-state index is 0.664. The van der Waals surface area contributed by atoms with Gasteiger partial charge in [-0.3, -0.25) is 5.01 Å². The lowest BCUT2D eigenvalue weighted by molar-refractivity contribution is 0.529. The Hall–Kier alpha value is -1.03. The molecule has 4 nitrogen and oxygen atoms in total. The fourth-order valence-electron chi connectivity index (χ4n) is 1.04. The third-order valence-electron chi connectivity index (χ3n) is 1.51. The normalized spacial score (nSPS) is 18.2. The van der Waals surface area contributed by atoms with E-state index in [-0.39, 0.29) is 0 Å². The topological polar surface area (TPSA) is 41.3 Å². The predicted molar refractivity (Wildman–Crippen MR) is 36.5 cm³/mol. The van der Waals surface area contributed by atoms with Crippen LogP contribution in [0.3, 0.4) is 0 Å². The number of anilines is 1. The van der Waals surface area contributed by atoms with Gasteiger partial charge in [0.05, 0.1) is 6.20 Å². The first-order valence-electron chi connectivity index (χ1n) is 3.37. The van der Waals surface area contributed by atoms with Gasteiger partial charge in [-0.05, 0) is 6.42 Å². The average Bonchev–Trinajstić information content (AvgIpc) is 2.59. The van der Waals surface area contributed by atoms with Gasteiger partial charge in [0.25, 0.3) is 0 Å². The lowest BCUT2D eigenvalue weighted by atomic mass is 10.5. The van der Waals surface area contributed by atoms with Crippen LogP contribution in [0.25, 0.3) is 0 Å². The molecule has 0 radical (unpaired) electrons. The molecule has 0 amide bonds. The minimum atomic E-state index is 0.664. The Bertz CT molecular complexity index is 191. The fourth-order valence-corrected chi connectivity index (χ4v) is 1.04. The summed E-state index contributed by atoms with van der Waals surface area (Å²) in [6.45, 7) is 2.00. The Labute approximate surface area is 58.8 Å². The molecule has 1 fully saturated rings. The second-order valence-electron chi connectivity index (χ2n) is 2.23. The minimum Gasteiger partial charge on any atom is -0.431 e. The van der Waals surface area contributed by atoms with Crippen molar-refractivity contribution in [1.29, 1.82) is 0 Å². The molecule has 0 unspecified atom stereocenters. The SMILES string of the molecule is c1coc(N2CCCN2)n1. The van der Waals surface area contributed by atoms with E-state index in [1.54, 1.807) is 12.5 Å². The Morgan fingerprint density at radius 1 is 1.70 bits per heavy atom. The average molecular weight is 139 g/mol. The van der Waals surface area contributed by atoms with E-state index in [0.717, 1.165) is 19.5 Å². The van der Waals surface area contributed by atoms with Crippen molar-refractivity contribution in [2.24, 2.45) is 0 Å². The molecule has 0 aromatic carbocycles. The van der Waals surface area contributed by atoms with Gasteiger partial charge >= 0.3 is 6.01 Å². The molecule has 1 aliphatic rings. The van der Waals surface area contributed by atoms with Gasteiger partial charge in [-0.25, -0.2) is 10.4 Å². The molecule has 1 saturated heterocycles. The maximum absolute atomic E-state index is 5.07. The largest absolute Gasteiger partial charge is 0.431 e. The summed E-state index contributed by atoms with van der Waals surface area (Å²) in [5, 5.41) is 1.92. The van der Waals surface area contributed by atoms with Crippen LogP contribution < -0.4 is 10.4 Å². The van der Waals surface area contributed by atoms with Crippen LogP contribution in [0.5, 0.6) is 0 Å². The van der Waals surface area contributed by atoms with Crippen molar-refractivity contribution in [3.63, 3.8) is 0 Å². The number of hydrazine groups is 1. The maximum atomic E-state index is 5.07. The van der Waals surface area contributed by atoms with E-state index in [9.17, 15) is 0 Å². The first-order chi connectivity index (χ1) is 4.97. The van der Waals surface area contributed by atoms with Crippen molar-refractivity contribution in [3.05, 3.63) is 12.5 Å². The summed E-state index contributed by atoms with van der Waals surface area (Å²) < 4.78 is 5.07. The summed E-state index contributed by atoms with van der Waals surface area (Å²) in [7, 11) is 0. The molecule has 10 heavy (non-hydrogen) atoms. The van der Waals surface area contributed by atoms with E-state index in [1.807, 2.05) is 5.01 Å². The number of rotatable bonds is 1. The van der Waals surface area contributed by atoms with E-state index in [2.05, 4.69) is 10.4 Å². The summed E-state index contributed by atoms with van der Waals surface area (Å²) in [4.78, 5) is 4.00. The Morgan fingerprint density at radius 3 is 3.30 bits per heavy atom. The first kappa shape index (κ1) is 5.73. The molecular weight excluding hydrogens is 130 g/mol. The number of hydrogen-bond donors (Lipinski definition) is 1. The molecule has 0 bridgehead atoms. The first-order valence-corrected chi connectivity index (χ1v) is 3.37. The van der Waals surface area contributed by atoms with Gasteiger partial charge < -0.3 is 4.42 Å². The Morgan fingerprint density at radius 2 is 2.70 bits per heavy atom. The zero-order valence-corrected chi connectivity index (χ0v) is 5.58. The Kier molecular flexibility index (Phi) is 1.32. The number of hydrogen-bond acceptors (Lipinski definition) is 4. The monoisotopic (exact) mass is 139 g/mol. The maximum Gasteiger partial charge on any atom is 0.311 e. The molecule has 2 rings (SSSR count). The predicted octanol–water partition coefficient (Wildman–Crippen LogP) is 0.389. The van der Waals surface area contributed by atoms with E-state index in [0.29, 0.717) is 6.01 Å². The van der Waals surface area contributed by atoms with Crippen LogP contribution >= 0.6 is 0 Å². The highest BCUT2D eigenvalue weighted by Gasteiger charge is 2.14. The third kappa shape index (κ3) is 0.863. The fraction of sp³-hybridized carbons (Fsp3) is 0.500. The zero-order valence-electron chi connectivity index (χ0n) is 5.58. The molecular formula is C6H9N3O. The van der Waals surface area contributed by atoms with Crippen LogP contribution in [0.2, 0.25) is 0 Å². The second kappa shape index (κ2) is 2.30. The van der Waals surface area contributed by atoms with Crippen LogP contribution in [0.1, 0.15) is 6.42 Å². The van der Waals surface area contributed by atoms with Gasteiger partial charge in [-0.15, -0.1) is 0 Å². The van der Waals surface area contributed by atoms with Gasteiger partial charge in [-0.2, -0.15) is 0 Å². The van der Waals surface area contributed by atoms with Crippen molar-refractivity contribution in [2.75, 3.05) is 18.1 Å². The molecule has 54 valence electrons. The molecule has 0 aliphatic carbocycles. The molecule has 0 atom stereocenters. The third-order valence-corrected chi connectivity index (χ3v) is 1.51. The van der Waals surface area contributed by atoms with Crippen LogP contribution in [0.15, 0.2) is 16.9 Å². The van der Waals surface area contributed by atoms with Gasteiger partial charge in [0.2, 0.25) is 0 Å². The van der Waals surface area contributed by atoms with Gasteiger partial charge in [0.15, 0.2) is 0 Å². The Balaban J connectivity index is 2.12. The smallest absolute Gasteiger partial charge is 0.311 e. The molecule has 4 heteroatoms. The van der Waals surface area contributed by atoms with Gasteiger partial charge in [-0.1, -0.05) is 0 Å². The summed E-state index contributed by atoms with van der Waals surface area (Å²) in [5.41, 5.74) is 3.14. The highest BCUT2D eigenvalue weighted by Crippen LogP contribution is 2.10. The van der Waals surface area contributed by atoms with Gasteiger partial charge in [0.1, 0.15) is 6.26 Å². The molecule has 1 aromatic rings. The number of aromatic nitrogens is 1. The molecule has 0 saturated carbocycles. The number of nitrogens with zero attached hydrogens (tertiary/aromatic N) is 2. The van der Waals surface area contributed by atoms with Crippen molar-refractivity contribution in [1.82, 2.24) is 10.4 Å². The van der Waals surface area contributed by atoms with E-state index in [4.69, 9.17) is 4.42 Å².